The molecule has 4 nitrogen and oxygen atoms in total. The third-order valence-electron chi connectivity index (χ3n) is 12.7. The number of fused-ring (bicyclic) bond motifs is 13. The number of hydrogen-bond acceptors (Lipinski definition) is 2. The predicted octanol–water partition coefficient (Wildman–Crippen LogP) is 15.1. The number of aromatic nitrogens is 4. The first-order valence-electron chi connectivity index (χ1n) is 21.2. The van der Waals surface area contributed by atoms with Gasteiger partial charge in [0.1, 0.15) is 0 Å². The molecule has 0 aliphatic carbocycles. The Balaban J connectivity index is 1.16. The maximum absolute atomic E-state index is 5.58. The van der Waals surface area contributed by atoms with Gasteiger partial charge in [0.05, 0.1) is 33.3 Å². The normalized spacial score (nSPS) is 11.9. The summed E-state index contributed by atoms with van der Waals surface area (Å²) >= 11 is 0. The van der Waals surface area contributed by atoms with Crippen LogP contribution >= 0.6 is 0 Å². The Morgan fingerprint density at radius 3 is 1.56 bits per heavy atom. The first-order valence-corrected chi connectivity index (χ1v) is 21.2. The smallest absolute Gasteiger partial charge is 0.235 e. The van der Waals surface area contributed by atoms with Gasteiger partial charge in [0, 0.05) is 43.6 Å². The van der Waals surface area contributed by atoms with E-state index in [9.17, 15) is 0 Å². The zero-order valence-electron chi connectivity index (χ0n) is 33.6. The van der Waals surface area contributed by atoms with Crippen LogP contribution in [0.3, 0.4) is 0 Å². The number of para-hydroxylation sites is 2. The summed E-state index contributed by atoms with van der Waals surface area (Å²) < 4.78 is 4.78. The summed E-state index contributed by atoms with van der Waals surface area (Å²) in [5.74, 6) is 0.643. The van der Waals surface area contributed by atoms with Crippen molar-refractivity contribution < 1.29 is 0 Å². The summed E-state index contributed by atoms with van der Waals surface area (Å²) in [4.78, 5) is 11.0. The standard InChI is InChI=1S/C58H36N4/c1-3-16-37(17-4-1)39-30-32-40(33-31-39)56-47-26-11-13-28-49(47)59-58(60-56)62-52-35-34-51-53(55(52)54-45-24-9-7-22-43(45)44-23-8-10-25-46(44)57(54)62)48-27-12-14-29-50(48)61(51)42-21-15-20-41(36-42)38-18-5-2-6-19-38/h1-36H. The van der Waals surface area contributed by atoms with E-state index in [1.165, 1.54) is 60.0 Å². The minimum Gasteiger partial charge on any atom is -0.309 e. The molecule has 0 spiro atoms. The van der Waals surface area contributed by atoms with Crippen LogP contribution in [0.1, 0.15) is 0 Å². The first-order chi connectivity index (χ1) is 30.8. The van der Waals surface area contributed by atoms with E-state index in [4.69, 9.17) is 9.97 Å². The van der Waals surface area contributed by atoms with E-state index in [0.29, 0.717) is 5.95 Å². The Morgan fingerprint density at radius 1 is 0.290 bits per heavy atom. The molecular weight excluding hydrogens is 753 g/mol. The van der Waals surface area contributed by atoms with Crippen molar-refractivity contribution in [2.45, 2.75) is 0 Å². The Bertz CT molecular complexity index is 3900. The van der Waals surface area contributed by atoms with Crippen molar-refractivity contribution in [2.75, 3.05) is 0 Å². The highest BCUT2D eigenvalue weighted by Gasteiger charge is 2.25. The van der Waals surface area contributed by atoms with Crippen LogP contribution in [-0.4, -0.2) is 19.1 Å². The van der Waals surface area contributed by atoms with E-state index in [0.717, 1.165) is 55.3 Å². The Hall–Kier alpha value is -8.34. The van der Waals surface area contributed by atoms with Crippen LogP contribution in [-0.2, 0) is 0 Å². The zero-order chi connectivity index (χ0) is 40.7. The van der Waals surface area contributed by atoms with Gasteiger partial charge in [-0.1, -0.05) is 182 Å². The second-order valence-corrected chi connectivity index (χ2v) is 16.1. The topological polar surface area (TPSA) is 35.6 Å². The number of nitrogens with zero attached hydrogens (tertiary/aromatic N) is 4. The van der Waals surface area contributed by atoms with Crippen LogP contribution in [0.4, 0.5) is 0 Å². The molecule has 0 saturated heterocycles. The molecule has 62 heavy (non-hydrogen) atoms. The van der Waals surface area contributed by atoms with Crippen molar-refractivity contribution in [3.05, 3.63) is 218 Å². The van der Waals surface area contributed by atoms with Crippen LogP contribution in [0.2, 0.25) is 0 Å². The average molecular weight is 789 g/mol. The summed E-state index contributed by atoms with van der Waals surface area (Å²) in [6.07, 6.45) is 0. The van der Waals surface area contributed by atoms with Gasteiger partial charge in [0.25, 0.3) is 0 Å². The third-order valence-corrected chi connectivity index (χ3v) is 12.7. The molecule has 10 aromatic carbocycles. The molecule has 0 N–H and O–H groups in total. The van der Waals surface area contributed by atoms with Gasteiger partial charge in [-0.15, -0.1) is 0 Å². The maximum atomic E-state index is 5.58. The van der Waals surface area contributed by atoms with Gasteiger partial charge in [-0.2, -0.15) is 0 Å². The summed E-state index contributed by atoms with van der Waals surface area (Å²) in [6.45, 7) is 0. The average Bonchev–Trinajstić information content (AvgIpc) is 3.88. The molecule has 0 fully saturated rings. The monoisotopic (exact) mass is 788 g/mol. The maximum Gasteiger partial charge on any atom is 0.235 e. The van der Waals surface area contributed by atoms with Gasteiger partial charge in [-0.3, -0.25) is 4.57 Å². The molecule has 13 aromatic rings. The lowest BCUT2D eigenvalue weighted by Gasteiger charge is -2.14. The molecule has 288 valence electrons. The van der Waals surface area contributed by atoms with E-state index in [-0.39, 0.29) is 0 Å². The Labute approximate surface area is 357 Å². The highest BCUT2D eigenvalue weighted by Crippen LogP contribution is 2.47. The van der Waals surface area contributed by atoms with E-state index < -0.39 is 0 Å². The molecule has 3 heterocycles. The molecule has 4 heteroatoms. The summed E-state index contributed by atoms with van der Waals surface area (Å²) in [7, 11) is 0. The summed E-state index contributed by atoms with van der Waals surface area (Å²) in [6, 6.07) is 78.4. The van der Waals surface area contributed by atoms with Crippen LogP contribution in [0.15, 0.2) is 218 Å². The van der Waals surface area contributed by atoms with Crippen molar-refractivity contribution >= 4 is 76.1 Å². The van der Waals surface area contributed by atoms with E-state index >= 15 is 0 Å². The number of rotatable bonds is 5. The molecule has 3 aromatic heterocycles. The van der Waals surface area contributed by atoms with Gasteiger partial charge in [0.2, 0.25) is 5.95 Å². The lowest BCUT2D eigenvalue weighted by molar-refractivity contribution is 1.02. The van der Waals surface area contributed by atoms with Crippen molar-refractivity contribution in [1.29, 1.82) is 0 Å². The van der Waals surface area contributed by atoms with Gasteiger partial charge in [-0.05, 0) is 74.8 Å². The minimum absolute atomic E-state index is 0.643. The zero-order valence-corrected chi connectivity index (χ0v) is 33.6. The molecule has 0 aliphatic heterocycles. The van der Waals surface area contributed by atoms with Crippen LogP contribution < -0.4 is 0 Å². The molecule has 0 bridgehead atoms. The van der Waals surface area contributed by atoms with Crippen molar-refractivity contribution in [1.82, 2.24) is 19.1 Å². The fraction of sp³-hybridized carbons (Fsp3) is 0. The highest BCUT2D eigenvalue weighted by molar-refractivity contribution is 6.38. The highest BCUT2D eigenvalue weighted by atomic mass is 15.2. The largest absolute Gasteiger partial charge is 0.309 e. The quantitative estimate of drug-likeness (QED) is 0.163. The lowest BCUT2D eigenvalue weighted by atomic mass is 9.95. The third kappa shape index (κ3) is 5.14. The number of benzene rings is 10. The molecule has 0 unspecified atom stereocenters. The van der Waals surface area contributed by atoms with Gasteiger partial charge in [-0.25, -0.2) is 9.97 Å². The SMILES string of the molecule is c1ccc(-c2ccc(-c3nc(-n4c5ccc6c(c7ccccc7n6-c6cccc(-c7ccccc7)c6)c5c5c6ccccc6c6ccccc6c54)nc4ccccc34)cc2)cc1. The molecule has 0 amide bonds. The van der Waals surface area contributed by atoms with Gasteiger partial charge in [0.15, 0.2) is 0 Å². The van der Waals surface area contributed by atoms with Crippen molar-refractivity contribution in [2.24, 2.45) is 0 Å². The van der Waals surface area contributed by atoms with E-state index in [2.05, 4.69) is 228 Å². The first kappa shape index (κ1) is 34.5. The fourth-order valence-electron chi connectivity index (χ4n) is 9.99. The van der Waals surface area contributed by atoms with E-state index in [1.54, 1.807) is 0 Å². The predicted molar refractivity (Wildman–Crippen MR) is 260 cm³/mol. The Morgan fingerprint density at radius 2 is 0.823 bits per heavy atom. The van der Waals surface area contributed by atoms with Gasteiger partial charge >= 0.3 is 0 Å². The molecule has 0 aliphatic rings. The Kier molecular flexibility index (Phi) is 7.57. The summed E-state index contributed by atoms with van der Waals surface area (Å²) in [5.41, 5.74) is 13.2. The van der Waals surface area contributed by atoms with Crippen LogP contribution in [0.25, 0.3) is 121 Å². The molecule has 0 atom stereocenters. The molecular formula is C58H36N4. The fourth-order valence-corrected chi connectivity index (χ4v) is 9.99. The second kappa shape index (κ2) is 13.6. The minimum atomic E-state index is 0.643. The summed E-state index contributed by atoms with van der Waals surface area (Å²) in [5, 5.41) is 10.6. The molecule has 0 saturated carbocycles. The molecule has 0 radical (unpaired) electrons. The molecule has 13 rings (SSSR count). The van der Waals surface area contributed by atoms with Crippen LogP contribution in [0, 0.1) is 0 Å². The lowest BCUT2D eigenvalue weighted by Crippen LogP contribution is -2.04. The van der Waals surface area contributed by atoms with Crippen molar-refractivity contribution in [3.63, 3.8) is 0 Å². The van der Waals surface area contributed by atoms with Gasteiger partial charge < -0.3 is 4.57 Å². The second-order valence-electron chi connectivity index (χ2n) is 16.1. The van der Waals surface area contributed by atoms with E-state index in [1.807, 2.05) is 0 Å². The van der Waals surface area contributed by atoms with Crippen LogP contribution in [0.5, 0.6) is 0 Å². The number of hydrogen-bond donors (Lipinski definition) is 0. The van der Waals surface area contributed by atoms with Crippen molar-refractivity contribution in [3.8, 4) is 45.1 Å².